The SMILES string of the molecule is CCCCC/C=C\CCCCCCCC(=O)OCC(COC(=O)CCCCCCCCCCCCCCCCCC)OC(=O)CCCCC/C=C\CCCCCCCC. The lowest BCUT2D eigenvalue weighted by atomic mass is 10.0. The smallest absolute Gasteiger partial charge is 0.306 e. The van der Waals surface area contributed by atoms with Gasteiger partial charge < -0.3 is 14.2 Å². The molecule has 6 heteroatoms. The first-order valence-corrected chi connectivity index (χ1v) is 25.8. The number of rotatable bonds is 47. The van der Waals surface area contributed by atoms with E-state index in [1.807, 2.05) is 0 Å². The number of unbranched alkanes of at least 4 members (excludes halogenated alkanes) is 32. The fourth-order valence-electron chi connectivity index (χ4n) is 7.49. The van der Waals surface area contributed by atoms with Crippen molar-refractivity contribution in [2.24, 2.45) is 0 Å². The minimum atomic E-state index is -0.777. The van der Waals surface area contributed by atoms with E-state index in [9.17, 15) is 14.4 Å². The standard InChI is InChI=1S/C53H98O6/c1-4-7-10-13-16-19-22-25-26-27-29-31-34-37-40-43-46-52(55)58-49-50(48-57-51(54)45-42-39-36-33-30-24-21-18-15-12-9-6-3)59-53(56)47-44-41-38-35-32-28-23-20-17-14-11-8-5-2/h18,21,28,32,50H,4-17,19-20,22-27,29-31,33-49H2,1-3H3/b21-18-,32-28-. The van der Waals surface area contributed by atoms with Gasteiger partial charge in [0.25, 0.3) is 0 Å². The van der Waals surface area contributed by atoms with Gasteiger partial charge in [0.1, 0.15) is 13.2 Å². The van der Waals surface area contributed by atoms with Crippen molar-refractivity contribution < 1.29 is 28.6 Å². The van der Waals surface area contributed by atoms with Crippen LogP contribution in [0.5, 0.6) is 0 Å². The third-order valence-electron chi connectivity index (χ3n) is 11.4. The van der Waals surface area contributed by atoms with Gasteiger partial charge in [-0.25, -0.2) is 0 Å². The van der Waals surface area contributed by atoms with Crippen LogP contribution < -0.4 is 0 Å². The van der Waals surface area contributed by atoms with Gasteiger partial charge in [-0.05, 0) is 70.6 Å². The van der Waals surface area contributed by atoms with Crippen LogP contribution in [0.4, 0.5) is 0 Å². The molecule has 0 saturated carbocycles. The molecule has 1 unspecified atom stereocenters. The highest BCUT2D eigenvalue weighted by Crippen LogP contribution is 2.16. The maximum absolute atomic E-state index is 12.8. The zero-order valence-corrected chi connectivity index (χ0v) is 39.5. The molecule has 0 aromatic carbocycles. The lowest BCUT2D eigenvalue weighted by Crippen LogP contribution is -2.30. The van der Waals surface area contributed by atoms with Crippen molar-refractivity contribution in [1.29, 1.82) is 0 Å². The van der Waals surface area contributed by atoms with Gasteiger partial charge in [-0.2, -0.15) is 0 Å². The van der Waals surface area contributed by atoms with E-state index in [2.05, 4.69) is 45.1 Å². The molecule has 0 heterocycles. The van der Waals surface area contributed by atoms with E-state index < -0.39 is 6.10 Å². The van der Waals surface area contributed by atoms with E-state index in [1.165, 1.54) is 161 Å². The average Bonchev–Trinajstić information content (AvgIpc) is 3.23. The average molecular weight is 831 g/mol. The molecule has 0 bridgehead atoms. The maximum Gasteiger partial charge on any atom is 0.306 e. The first-order chi connectivity index (χ1) is 29.0. The molecule has 0 N–H and O–H groups in total. The second kappa shape index (κ2) is 48.6. The predicted octanol–water partition coefficient (Wildman–Crippen LogP) is 16.8. The van der Waals surface area contributed by atoms with Crippen molar-refractivity contribution in [2.75, 3.05) is 13.2 Å². The Hall–Kier alpha value is -2.11. The van der Waals surface area contributed by atoms with Crippen LogP contribution in [0.1, 0.15) is 278 Å². The molecule has 6 nitrogen and oxygen atoms in total. The Morgan fingerprint density at radius 2 is 0.559 bits per heavy atom. The number of hydrogen-bond acceptors (Lipinski definition) is 6. The quantitative estimate of drug-likeness (QED) is 0.0263. The molecule has 0 aliphatic rings. The van der Waals surface area contributed by atoms with Crippen molar-refractivity contribution in [3.63, 3.8) is 0 Å². The van der Waals surface area contributed by atoms with E-state index in [-0.39, 0.29) is 31.1 Å². The molecule has 0 saturated heterocycles. The molecule has 0 amide bonds. The summed E-state index contributed by atoms with van der Waals surface area (Å²) in [4.78, 5) is 37.9. The highest BCUT2D eigenvalue weighted by molar-refractivity contribution is 5.71. The fraction of sp³-hybridized carbons (Fsp3) is 0.868. The van der Waals surface area contributed by atoms with Crippen LogP contribution in [0.2, 0.25) is 0 Å². The molecule has 0 fully saturated rings. The largest absolute Gasteiger partial charge is 0.462 e. The second-order valence-corrected chi connectivity index (χ2v) is 17.4. The Bertz CT molecular complexity index is 958. The molecular formula is C53H98O6. The first kappa shape index (κ1) is 56.9. The monoisotopic (exact) mass is 831 g/mol. The Morgan fingerprint density at radius 3 is 0.898 bits per heavy atom. The summed E-state index contributed by atoms with van der Waals surface area (Å²) in [6, 6.07) is 0. The maximum atomic E-state index is 12.8. The summed E-state index contributed by atoms with van der Waals surface area (Å²) < 4.78 is 16.8. The third kappa shape index (κ3) is 46.8. The zero-order chi connectivity index (χ0) is 43.0. The van der Waals surface area contributed by atoms with Crippen molar-refractivity contribution >= 4 is 17.9 Å². The van der Waals surface area contributed by atoms with Crippen molar-refractivity contribution in [1.82, 2.24) is 0 Å². The predicted molar refractivity (Wildman–Crippen MR) is 252 cm³/mol. The summed E-state index contributed by atoms with van der Waals surface area (Å²) in [5.41, 5.74) is 0. The van der Waals surface area contributed by atoms with E-state index >= 15 is 0 Å². The van der Waals surface area contributed by atoms with Crippen LogP contribution in [0.15, 0.2) is 24.3 Å². The van der Waals surface area contributed by atoms with Crippen LogP contribution in [-0.2, 0) is 28.6 Å². The zero-order valence-electron chi connectivity index (χ0n) is 39.5. The fourth-order valence-corrected chi connectivity index (χ4v) is 7.49. The lowest BCUT2D eigenvalue weighted by Gasteiger charge is -2.18. The second-order valence-electron chi connectivity index (χ2n) is 17.4. The van der Waals surface area contributed by atoms with Crippen LogP contribution >= 0.6 is 0 Å². The summed E-state index contributed by atoms with van der Waals surface area (Å²) in [5, 5.41) is 0. The number of esters is 3. The molecule has 1 atom stereocenters. The molecule has 0 aromatic heterocycles. The molecule has 0 aliphatic heterocycles. The van der Waals surface area contributed by atoms with Crippen molar-refractivity contribution in [3.8, 4) is 0 Å². The molecule has 0 spiro atoms. The van der Waals surface area contributed by atoms with E-state index in [0.717, 1.165) is 77.0 Å². The minimum Gasteiger partial charge on any atom is -0.462 e. The van der Waals surface area contributed by atoms with Gasteiger partial charge in [-0.3, -0.25) is 14.4 Å². The van der Waals surface area contributed by atoms with Crippen molar-refractivity contribution in [3.05, 3.63) is 24.3 Å². The highest BCUT2D eigenvalue weighted by Gasteiger charge is 2.19. The Labute approximate surface area is 366 Å². The Kier molecular flexibility index (Phi) is 46.8. The number of carbonyl (C=O) groups is 3. The number of hydrogen-bond donors (Lipinski definition) is 0. The van der Waals surface area contributed by atoms with Crippen molar-refractivity contribution in [2.45, 2.75) is 284 Å². The Balaban J connectivity index is 4.35. The molecule has 0 aliphatic carbocycles. The van der Waals surface area contributed by atoms with Crippen LogP contribution in [0.25, 0.3) is 0 Å². The number of ether oxygens (including phenoxy) is 3. The summed E-state index contributed by atoms with van der Waals surface area (Å²) in [7, 11) is 0. The van der Waals surface area contributed by atoms with Gasteiger partial charge in [0.05, 0.1) is 0 Å². The summed E-state index contributed by atoms with van der Waals surface area (Å²) in [6.07, 6.45) is 54.4. The molecule has 0 rings (SSSR count). The molecule has 0 radical (unpaired) electrons. The number of carbonyl (C=O) groups excluding carboxylic acids is 3. The first-order valence-electron chi connectivity index (χ1n) is 25.8. The third-order valence-corrected chi connectivity index (χ3v) is 11.4. The summed E-state index contributed by atoms with van der Waals surface area (Å²) >= 11 is 0. The molecular weight excluding hydrogens is 733 g/mol. The van der Waals surface area contributed by atoms with Gasteiger partial charge >= 0.3 is 17.9 Å². The molecule has 346 valence electrons. The van der Waals surface area contributed by atoms with Gasteiger partial charge in [0, 0.05) is 19.3 Å². The summed E-state index contributed by atoms with van der Waals surface area (Å²) in [6.45, 7) is 6.61. The van der Waals surface area contributed by atoms with Gasteiger partial charge in [-0.1, -0.05) is 212 Å². The van der Waals surface area contributed by atoms with Crippen LogP contribution in [0, 0.1) is 0 Å². The van der Waals surface area contributed by atoms with Gasteiger partial charge in [0.15, 0.2) is 6.10 Å². The van der Waals surface area contributed by atoms with E-state index in [0.29, 0.717) is 19.3 Å². The normalized spacial score (nSPS) is 12.1. The minimum absolute atomic E-state index is 0.0762. The van der Waals surface area contributed by atoms with Crippen LogP contribution in [0.3, 0.4) is 0 Å². The lowest BCUT2D eigenvalue weighted by molar-refractivity contribution is -0.167. The topological polar surface area (TPSA) is 78.9 Å². The van der Waals surface area contributed by atoms with E-state index in [1.54, 1.807) is 0 Å². The van der Waals surface area contributed by atoms with E-state index in [4.69, 9.17) is 14.2 Å². The van der Waals surface area contributed by atoms with Crippen LogP contribution in [-0.4, -0.2) is 37.2 Å². The van der Waals surface area contributed by atoms with Gasteiger partial charge in [0.2, 0.25) is 0 Å². The molecule has 59 heavy (non-hydrogen) atoms. The summed E-state index contributed by atoms with van der Waals surface area (Å²) in [5.74, 6) is -0.890. The van der Waals surface area contributed by atoms with Gasteiger partial charge in [-0.15, -0.1) is 0 Å². The highest BCUT2D eigenvalue weighted by atomic mass is 16.6. The Morgan fingerprint density at radius 1 is 0.322 bits per heavy atom. The number of allylic oxidation sites excluding steroid dienone is 4. The molecule has 0 aromatic rings.